The van der Waals surface area contributed by atoms with Crippen LogP contribution in [0.3, 0.4) is 0 Å². The van der Waals surface area contributed by atoms with E-state index >= 15 is 0 Å². The first-order valence-corrected chi connectivity index (χ1v) is 17.1. The molecule has 1 amide bonds. The number of carbonyl (C=O) groups is 1. The van der Waals surface area contributed by atoms with Crippen LogP contribution in [-0.2, 0) is 31.5 Å². The highest BCUT2D eigenvalue weighted by molar-refractivity contribution is 7.92. The topological polar surface area (TPSA) is 119 Å². The highest BCUT2D eigenvalue weighted by Gasteiger charge is 2.26. The van der Waals surface area contributed by atoms with Gasteiger partial charge < -0.3 is 4.18 Å². The van der Waals surface area contributed by atoms with Crippen molar-refractivity contribution < 1.29 is 25.8 Å². The molecule has 0 aliphatic heterocycles. The van der Waals surface area contributed by atoms with Gasteiger partial charge in [-0.25, -0.2) is 13.1 Å². The molecule has 8 nitrogen and oxygen atoms in total. The fourth-order valence-electron chi connectivity index (χ4n) is 4.68. The Balaban J connectivity index is 2.48. The molecule has 2 rings (SSSR count). The lowest BCUT2D eigenvalue weighted by Crippen LogP contribution is -2.36. The first kappa shape index (κ1) is 33.6. The van der Waals surface area contributed by atoms with Gasteiger partial charge in [0.05, 0.1) is 12.7 Å². The van der Waals surface area contributed by atoms with Crippen LogP contribution in [0.1, 0.15) is 132 Å². The number of hydrogen-bond acceptors (Lipinski definition) is 6. The van der Waals surface area contributed by atoms with Crippen LogP contribution < -0.4 is 13.6 Å². The molecule has 0 aromatic heterocycles. The predicted octanol–water partition coefficient (Wildman–Crippen LogP) is 6.66. The van der Waals surface area contributed by atoms with Gasteiger partial charge in [-0.1, -0.05) is 81.4 Å². The van der Waals surface area contributed by atoms with E-state index in [2.05, 4.69) is 63.1 Å². The first-order chi connectivity index (χ1) is 18.2. The van der Waals surface area contributed by atoms with Crippen LogP contribution in [0.4, 0.5) is 5.69 Å². The Kier molecular flexibility index (Phi) is 10.9. The molecule has 0 aliphatic rings. The number of hydrogen-bond donors (Lipinski definition) is 2. The van der Waals surface area contributed by atoms with Gasteiger partial charge in [0.1, 0.15) is 0 Å². The average Bonchev–Trinajstić information content (AvgIpc) is 2.77. The minimum atomic E-state index is -4.54. The molecule has 0 saturated carbocycles. The number of nitrogens with one attached hydrogen (secondary N) is 2. The summed E-state index contributed by atoms with van der Waals surface area (Å²) in [5.74, 6) is -0.370. The third-order valence-electron chi connectivity index (χ3n) is 6.71. The molecular weight excluding hydrogens is 548 g/mol. The maximum absolute atomic E-state index is 13.2. The highest BCUT2D eigenvalue weighted by Crippen LogP contribution is 2.38. The van der Waals surface area contributed by atoms with Crippen molar-refractivity contribution in [2.24, 2.45) is 0 Å². The molecule has 0 radical (unpaired) electrons. The normalized spacial score (nSPS) is 12.6. The molecule has 0 atom stereocenters. The number of benzene rings is 2. The van der Waals surface area contributed by atoms with E-state index in [9.17, 15) is 21.6 Å². The second-order valence-electron chi connectivity index (χ2n) is 12.0. The second kappa shape index (κ2) is 12.9. The average molecular weight is 595 g/mol. The minimum Gasteiger partial charge on any atom is -0.366 e. The summed E-state index contributed by atoms with van der Waals surface area (Å²) in [6.45, 7) is 19.9. The van der Waals surface area contributed by atoms with Gasteiger partial charge in [0.25, 0.3) is 0 Å². The van der Waals surface area contributed by atoms with Crippen LogP contribution in [0.25, 0.3) is 0 Å². The van der Waals surface area contributed by atoms with Crippen LogP contribution >= 0.6 is 0 Å². The van der Waals surface area contributed by atoms with E-state index in [1.54, 1.807) is 12.1 Å². The largest absolute Gasteiger partial charge is 0.409 e. The third kappa shape index (κ3) is 8.96. The Morgan fingerprint density at radius 3 is 1.48 bits per heavy atom. The summed E-state index contributed by atoms with van der Waals surface area (Å²) in [6.07, 6.45) is 0.945. The number of amides is 1. The Morgan fingerprint density at radius 1 is 0.700 bits per heavy atom. The monoisotopic (exact) mass is 594 g/mol. The number of sulfonamides is 1. The van der Waals surface area contributed by atoms with E-state index in [0.717, 1.165) is 22.9 Å². The second-order valence-corrected chi connectivity index (χ2v) is 15.1. The van der Waals surface area contributed by atoms with Crippen molar-refractivity contribution in [2.75, 3.05) is 11.0 Å². The molecular formula is C30H46N2O6S2. The summed E-state index contributed by atoms with van der Waals surface area (Å²) >= 11 is 0. The van der Waals surface area contributed by atoms with Crippen LogP contribution in [0.2, 0.25) is 0 Å². The predicted molar refractivity (Wildman–Crippen MR) is 163 cm³/mol. The van der Waals surface area contributed by atoms with Crippen LogP contribution in [0.5, 0.6) is 5.75 Å². The molecule has 0 saturated heterocycles. The Morgan fingerprint density at radius 2 is 1.12 bits per heavy atom. The molecule has 0 heterocycles. The molecule has 10 heteroatoms. The van der Waals surface area contributed by atoms with Crippen LogP contribution in [-0.4, -0.2) is 29.0 Å². The fourth-order valence-corrected chi connectivity index (χ4v) is 6.03. The van der Waals surface area contributed by atoms with Gasteiger partial charge in [0.15, 0.2) is 5.75 Å². The molecule has 0 aliphatic carbocycles. The van der Waals surface area contributed by atoms with E-state index in [1.165, 1.54) is 5.56 Å². The number of rotatable bonds is 12. The Hall–Kier alpha value is -2.59. The van der Waals surface area contributed by atoms with Crippen molar-refractivity contribution in [2.45, 2.75) is 105 Å². The van der Waals surface area contributed by atoms with Crippen molar-refractivity contribution in [3.63, 3.8) is 0 Å². The standard InChI is InChI=1S/C30H46N2O6S2/c1-17(2)22-12-24(18(3)4)28(25(13-22)19(5)6)16-29(33)32-40(36,37)38-30-26(20(7)8)14-23(31-39(11,34)35)15-27(30)21(9)10/h12-15,17-21,31H,16H2,1-11H3,(H,32,33). The molecule has 0 bridgehead atoms. The number of carbonyl (C=O) groups excluding carboxylic acids is 1. The zero-order chi connectivity index (χ0) is 30.7. The lowest BCUT2D eigenvalue weighted by molar-refractivity contribution is -0.118. The van der Waals surface area contributed by atoms with Crippen molar-refractivity contribution in [1.82, 2.24) is 4.72 Å². The van der Waals surface area contributed by atoms with Crippen molar-refractivity contribution in [1.29, 1.82) is 0 Å². The lowest BCUT2D eigenvalue weighted by Gasteiger charge is -2.23. The van der Waals surface area contributed by atoms with E-state index in [1.807, 2.05) is 27.7 Å². The molecule has 0 fully saturated rings. The van der Waals surface area contributed by atoms with Gasteiger partial charge in [-0.05, 0) is 64.0 Å². The van der Waals surface area contributed by atoms with E-state index < -0.39 is 26.2 Å². The van der Waals surface area contributed by atoms with Crippen molar-refractivity contribution in [3.8, 4) is 5.75 Å². The smallest absolute Gasteiger partial charge is 0.366 e. The quantitative estimate of drug-likeness (QED) is 0.284. The van der Waals surface area contributed by atoms with Gasteiger partial charge in [0.2, 0.25) is 15.9 Å². The lowest BCUT2D eigenvalue weighted by atomic mass is 9.83. The Bertz CT molecular complexity index is 1380. The van der Waals surface area contributed by atoms with E-state index in [4.69, 9.17) is 4.18 Å². The fraction of sp³-hybridized carbons (Fsp3) is 0.567. The molecule has 2 aromatic carbocycles. The zero-order valence-electron chi connectivity index (χ0n) is 25.7. The summed E-state index contributed by atoms with van der Waals surface area (Å²) in [7, 11) is -8.09. The third-order valence-corrected chi connectivity index (χ3v) is 8.19. The molecule has 2 N–H and O–H groups in total. The molecule has 224 valence electrons. The summed E-state index contributed by atoms with van der Waals surface area (Å²) in [6, 6.07) is 7.35. The summed E-state index contributed by atoms with van der Waals surface area (Å²) in [4.78, 5) is 13.2. The maximum atomic E-state index is 13.2. The number of anilines is 1. The van der Waals surface area contributed by atoms with Crippen molar-refractivity contribution in [3.05, 3.63) is 57.6 Å². The molecule has 2 aromatic rings. The SMILES string of the molecule is CC(C)c1cc(C(C)C)c(CC(=O)NS(=O)(=O)Oc2c(C(C)C)cc(NS(C)(=O)=O)cc2C(C)C)c(C(C)C)c1. The molecule has 40 heavy (non-hydrogen) atoms. The highest BCUT2D eigenvalue weighted by atomic mass is 32.2. The van der Waals surface area contributed by atoms with E-state index in [-0.39, 0.29) is 35.8 Å². The molecule has 0 spiro atoms. The summed E-state index contributed by atoms with van der Waals surface area (Å²) in [5, 5.41) is 0. The van der Waals surface area contributed by atoms with Gasteiger partial charge in [-0.2, -0.15) is 8.42 Å². The Labute approximate surface area is 241 Å². The first-order valence-electron chi connectivity index (χ1n) is 13.8. The van der Waals surface area contributed by atoms with Gasteiger partial charge in [-0.3, -0.25) is 9.52 Å². The van der Waals surface area contributed by atoms with Crippen LogP contribution in [0.15, 0.2) is 24.3 Å². The van der Waals surface area contributed by atoms with Gasteiger partial charge >= 0.3 is 10.3 Å². The van der Waals surface area contributed by atoms with Gasteiger partial charge in [-0.15, -0.1) is 0 Å². The minimum absolute atomic E-state index is 0.0939. The van der Waals surface area contributed by atoms with Crippen molar-refractivity contribution >= 4 is 31.9 Å². The maximum Gasteiger partial charge on any atom is 0.409 e. The molecule has 0 unspecified atom stereocenters. The van der Waals surface area contributed by atoms with Crippen LogP contribution in [0, 0.1) is 0 Å². The zero-order valence-corrected chi connectivity index (χ0v) is 27.3. The van der Waals surface area contributed by atoms with E-state index in [0.29, 0.717) is 22.7 Å². The summed E-state index contributed by atoms with van der Waals surface area (Å²) in [5.41, 5.74) is 5.40. The summed E-state index contributed by atoms with van der Waals surface area (Å²) < 4.78 is 60.2. The van der Waals surface area contributed by atoms with Gasteiger partial charge in [0, 0.05) is 16.8 Å².